The number of benzene rings is 1. The topological polar surface area (TPSA) is 74.0 Å². The van der Waals surface area contributed by atoms with Crippen molar-refractivity contribution in [2.24, 2.45) is 0 Å². The zero-order chi connectivity index (χ0) is 20.4. The lowest BCUT2D eigenvalue weighted by Gasteiger charge is -2.24. The fraction of sp³-hybridized carbons (Fsp3) is 0.364. The first-order valence-electron chi connectivity index (χ1n) is 9.42. The number of nitrogens with zero attached hydrogens (tertiary/aromatic N) is 2. The number of likely N-dealkylation sites (N-methyl/N-ethyl adjacent to an activating group) is 1. The minimum atomic E-state index is -0.737. The van der Waals surface area contributed by atoms with Crippen LogP contribution in [-0.4, -0.2) is 53.8 Å². The molecule has 0 aliphatic carbocycles. The third kappa shape index (κ3) is 3.73. The molecule has 28 heavy (non-hydrogen) atoms. The quantitative estimate of drug-likeness (QED) is 0.472. The Kier molecular flexibility index (Phi) is 5.70. The number of ketones is 1. The molecule has 2 heterocycles. The van der Waals surface area contributed by atoms with E-state index in [2.05, 4.69) is 0 Å². The Balaban J connectivity index is 2.09. The van der Waals surface area contributed by atoms with Gasteiger partial charge in [0, 0.05) is 18.7 Å². The molecule has 148 valence electrons. The van der Waals surface area contributed by atoms with Crippen LogP contribution >= 0.6 is 0 Å². The van der Waals surface area contributed by atoms with Crippen molar-refractivity contribution in [2.45, 2.75) is 26.3 Å². The van der Waals surface area contributed by atoms with E-state index < -0.39 is 17.7 Å². The average molecular weight is 382 g/mol. The second-order valence-electron chi connectivity index (χ2n) is 7.29. The van der Waals surface area contributed by atoms with Crippen molar-refractivity contribution in [1.29, 1.82) is 0 Å². The predicted molar refractivity (Wildman–Crippen MR) is 107 cm³/mol. The highest BCUT2D eigenvalue weighted by Gasteiger charge is 2.47. The highest BCUT2D eigenvalue weighted by molar-refractivity contribution is 6.46. The van der Waals surface area contributed by atoms with Gasteiger partial charge in [-0.3, -0.25) is 9.59 Å². The van der Waals surface area contributed by atoms with Gasteiger partial charge in [-0.15, -0.1) is 0 Å². The number of aryl methyl sites for hydroxylation is 2. The van der Waals surface area contributed by atoms with Gasteiger partial charge in [-0.2, -0.15) is 0 Å². The third-order valence-electron chi connectivity index (χ3n) is 4.99. The molecule has 3 rings (SSSR count). The number of aliphatic hydroxyl groups excluding tert-OH is 1. The molecule has 1 fully saturated rings. The summed E-state index contributed by atoms with van der Waals surface area (Å²) in [4.78, 5) is 29.0. The standard InChI is InChI=1S/C22H26N2O4/c1-5-15-7-9-16(10-8-15)20(25)18-19(17-11-6-14(2)28-17)24(13-12-23(3)4)22(27)21(18)26/h6-11,19,25H,5,12-13H2,1-4H3/b20-18-. The maximum absolute atomic E-state index is 12.8. The molecule has 1 atom stereocenters. The van der Waals surface area contributed by atoms with Gasteiger partial charge in [0.1, 0.15) is 23.3 Å². The van der Waals surface area contributed by atoms with Crippen molar-refractivity contribution in [1.82, 2.24) is 9.80 Å². The maximum atomic E-state index is 12.8. The van der Waals surface area contributed by atoms with Crippen molar-refractivity contribution in [2.75, 3.05) is 27.2 Å². The van der Waals surface area contributed by atoms with Crippen molar-refractivity contribution < 1.29 is 19.1 Å². The first kappa shape index (κ1) is 19.9. The zero-order valence-corrected chi connectivity index (χ0v) is 16.7. The molecule has 1 aliphatic heterocycles. The Morgan fingerprint density at radius 1 is 1.14 bits per heavy atom. The zero-order valence-electron chi connectivity index (χ0n) is 16.7. The number of carbonyl (C=O) groups is 2. The van der Waals surface area contributed by atoms with Crippen molar-refractivity contribution in [3.8, 4) is 0 Å². The smallest absolute Gasteiger partial charge is 0.295 e. The van der Waals surface area contributed by atoms with Gasteiger partial charge in [-0.1, -0.05) is 31.2 Å². The van der Waals surface area contributed by atoms with E-state index in [1.807, 2.05) is 38.1 Å². The highest BCUT2D eigenvalue weighted by Crippen LogP contribution is 2.39. The first-order valence-corrected chi connectivity index (χ1v) is 9.42. The first-order chi connectivity index (χ1) is 13.3. The minimum Gasteiger partial charge on any atom is -0.507 e. The molecule has 1 aliphatic rings. The molecule has 1 aromatic carbocycles. The van der Waals surface area contributed by atoms with E-state index >= 15 is 0 Å². The molecule has 1 amide bonds. The molecule has 6 heteroatoms. The van der Waals surface area contributed by atoms with Crippen LogP contribution in [0.4, 0.5) is 0 Å². The van der Waals surface area contributed by atoms with Gasteiger partial charge in [0.05, 0.1) is 5.57 Å². The summed E-state index contributed by atoms with van der Waals surface area (Å²) in [5.74, 6) is -0.322. The monoisotopic (exact) mass is 382 g/mol. The lowest BCUT2D eigenvalue weighted by molar-refractivity contribution is -0.140. The van der Waals surface area contributed by atoms with Crippen LogP contribution < -0.4 is 0 Å². The number of hydrogen-bond acceptors (Lipinski definition) is 5. The lowest BCUT2D eigenvalue weighted by Crippen LogP contribution is -2.35. The Morgan fingerprint density at radius 3 is 2.36 bits per heavy atom. The number of aliphatic hydroxyl groups is 1. The largest absolute Gasteiger partial charge is 0.507 e. The van der Waals surface area contributed by atoms with Crippen LogP contribution in [-0.2, 0) is 16.0 Å². The van der Waals surface area contributed by atoms with Crippen LogP contribution in [0.15, 0.2) is 46.4 Å². The van der Waals surface area contributed by atoms with Gasteiger partial charge in [0.25, 0.3) is 11.7 Å². The average Bonchev–Trinajstić information content (AvgIpc) is 3.21. The van der Waals surface area contributed by atoms with Crippen molar-refractivity contribution in [3.05, 3.63) is 64.6 Å². The normalized spacial score (nSPS) is 19.0. The third-order valence-corrected chi connectivity index (χ3v) is 4.99. The highest BCUT2D eigenvalue weighted by atomic mass is 16.3. The summed E-state index contributed by atoms with van der Waals surface area (Å²) in [7, 11) is 3.80. The number of hydrogen-bond donors (Lipinski definition) is 1. The summed E-state index contributed by atoms with van der Waals surface area (Å²) < 4.78 is 5.75. The number of rotatable bonds is 6. The summed E-state index contributed by atoms with van der Waals surface area (Å²) in [5, 5.41) is 10.9. The molecule has 0 radical (unpaired) electrons. The van der Waals surface area contributed by atoms with E-state index in [4.69, 9.17) is 4.42 Å². The van der Waals surface area contributed by atoms with E-state index in [9.17, 15) is 14.7 Å². The Morgan fingerprint density at radius 2 is 1.82 bits per heavy atom. The fourth-order valence-electron chi connectivity index (χ4n) is 3.37. The lowest BCUT2D eigenvalue weighted by atomic mass is 9.98. The molecule has 1 unspecified atom stereocenters. The molecule has 6 nitrogen and oxygen atoms in total. The van der Waals surface area contributed by atoms with Crippen molar-refractivity contribution in [3.63, 3.8) is 0 Å². The van der Waals surface area contributed by atoms with E-state index in [0.29, 0.717) is 30.2 Å². The van der Waals surface area contributed by atoms with Gasteiger partial charge in [-0.25, -0.2) is 0 Å². The molecular weight excluding hydrogens is 356 g/mol. The predicted octanol–water partition coefficient (Wildman–Crippen LogP) is 3.13. The Bertz CT molecular complexity index is 909. The van der Waals surface area contributed by atoms with E-state index in [0.717, 1.165) is 12.0 Å². The number of furan rings is 1. The number of Topliss-reactive ketones (excluding diaryl/α,β-unsaturated/α-hetero) is 1. The van der Waals surface area contributed by atoms with Gasteiger partial charge >= 0.3 is 0 Å². The molecule has 1 N–H and O–H groups in total. The molecule has 0 spiro atoms. The molecule has 1 aromatic heterocycles. The SMILES string of the molecule is CCc1ccc(/C(O)=C2/C(=O)C(=O)N(CCN(C)C)C2c2ccc(C)o2)cc1. The number of amides is 1. The summed E-state index contributed by atoms with van der Waals surface area (Å²) >= 11 is 0. The molecule has 2 aromatic rings. The van der Waals surface area contributed by atoms with Crippen molar-refractivity contribution >= 4 is 17.4 Å². The van der Waals surface area contributed by atoms with Gasteiger partial charge in [-0.05, 0) is 45.1 Å². The molecule has 0 bridgehead atoms. The molecule has 0 saturated carbocycles. The second-order valence-corrected chi connectivity index (χ2v) is 7.29. The van der Waals surface area contributed by atoms with Gasteiger partial charge in [0.2, 0.25) is 0 Å². The number of likely N-dealkylation sites (tertiary alicyclic amines) is 1. The van der Waals surface area contributed by atoms with E-state index in [1.165, 1.54) is 4.90 Å². The Labute approximate surface area is 165 Å². The van der Waals surface area contributed by atoms with Crippen LogP contribution in [0.2, 0.25) is 0 Å². The van der Waals surface area contributed by atoms with E-state index in [-0.39, 0.29) is 11.3 Å². The maximum Gasteiger partial charge on any atom is 0.295 e. The second kappa shape index (κ2) is 8.02. The summed E-state index contributed by atoms with van der Waals surface area (Å²) in [5.41, 5.74) is 1.71. The van der Waals surface area contributed by atoms with Crippen LogP contribution in [0.3, 0.4) is 0 Å². The molecular formula is C22H26N2O4. The van der Waals surface area contributed by atoms with Crippen LogP contribution in [0.1, 0.15) is 35.6 Å². The van der Waals surface area contributed by atoms with Crippen LogP contribution in [0, 0.1) is 6.92 Å². The van der Waals surface area contributed by atoms with E-state index in [1.54, 1.807) is 31.2 Å². The minimum absolute atomic E-state index is 0.0716. The van der Waals surface area contributed by atoms with Crippen LogP contribution in [0.25, 0.3) is 5.76 Å². The molecule has 1 saturated heterocycles. The van der Waals surface area contributed by atoms with Gasteiger partial charge < -0.3 is 19.3 Å². The van der Waals surface area contributed by atoms with Crippen LogP contribution in [0.5, 0.6) is 0 Å². The summed E-state index contributed by atoms with van der Waals surface area (Å²) in [6.45, 7) is 4.80. The fourth-order valence-corrected chi connectivity index (χ4v) is 3.37. The number of carbonyl (C=O) groups excluding carboxylic acids is 2. The summed E-state index contributed by atoms with van der Waals surface area (Å²) in [6, 6.07) is 10.2. The van der Waals surface area contributed by atoms with Gasteiger partial charge in [0.15, 0.2) is 0 Å². The summed E-state index contributed by atoms with van der Waals surface area (Å²) in [6.07, 6.45) is 0.877. The Hall–Kier alpha value is -2.86.